The molecule has 2 heterocycles. The van der Waals surface area contributed by atoms with Crippen molar-refractivity contribution >= 4 is 44.8 Å². The molecule has 0 radical (unpaired) electrons. The Morgan fingerprint density at radius 1 is 1.08 bits per heavy atom. The van der Waals surface area contributed by atoms with Crippen LogP contribution in [0.2, 0.25) is 0 Å². The second-order valence-electron chi connectivity index (χ2n) is 9.96. The van der Waals surface area contributed by atoms with E-state index in [-0.39, 0.29) is 11.5 Å². The molecule has 7 nitrogen and oxygen atoms in total. The van der Waals surface area contributed by atoms with E-state index >= 15 is 0 Å². The summed E-state index contributed by atoms with van der Waals surface area (Å²) in [5.41, 5.74) is 0.829. The van der Waals surface area contributed by atoms with Gasteiger partial charge in [0.1, 0.15) is 10.8 Å². The van der Waals surface area contributed by atoms with E-state index in [9.17, 15) is 9.59 Å². The van der Waals surface area contributed by atoms with Crippen molar-refractivity contribution in [2.24, 2.45) is 0 Å². The Bertz CT molecular complexity index is 1220. The smallest absolute Gasteiger partial charge is 0.340 e. The summed E-state index contributed by atoms with van der Waals surface area (Å²) in [7, 11) is 1.33. The average molecular weight is 511 g/mol. The maximum Gasteiger partial charge on any atom is 0.340 e. The van der Waals surface area contributed by atoms with Gasteiger partial charge in [0, 0.05) is 28.7 Å². The fourth-order valence-electron chi connectivity index (χ4n) is 4.21. The van der Waals surface area contributed by atoms with E-state index in [0.717, 1.165) is 47.3 Å². The molecule has 2 N–H and O–H groups in total. The number of hydrogen-bond donors (Lipinski definition) is 2. The highest BCUT2D eigenvalue weighted by molar-refractivity contribution is 7.16. The first-order chi connectivity index (χ1) is 17.3. The van der Waals surface area contributed by atoms with Crippen LogP contribution in [0.3, 0.4) is 0 Å². The van der Waals surface area contributed by atoms with Crippen LogP contribution in [0.4, 0.5) is 15.5 Å². The molecule has 1 aromatic heterocycles. The lowest BCUT2D eigenvalue weighted by molar-refractivity contribution is 0.00413. The summed E-state index contributed by atoms with van der Waals surface area (Å²) in [5, 5.41) is 8.01. The van der Waals surface area contributed by atoms with Crippen molar-refractivity contribution in [2.45, 2.75) is 58.0 Å². The number of urea groups is 1. The summed E-state index contributed by atoms with van der Waals surface area (Å²) in [6.45, 7) is 7.58. The Kier molecular flexibility index (Phi) is 8.16. The van der Waals surface area contributed by atoms with Crippen molar-refractivity contribution in [1.29, 1.82) is 0 Å². The number of ether oxygens (including phenoxy) is 3. The van der Waals surface area contributed by atoms with E-state index in [4.69, 9.17) is 14.2 Å². The van der Waals surface area contributed by atoms with Gasteiger partial charge in [-0.1, -0.05) is 45.0 Å². The monoisotopic (exact) mass is 510 g/mol. The molecule has 2 amide bonds. The average Bonchev–Trinajstić information content (AvgIpc) is 3.29. The summed E-state index contributed by atoms with van der Waals surface area (Å²) in [6.07, 6.45) is 4.55. The first-order valence-corrected chi connectivity index (χ1v) is 13.1. The van der Waals surface area contributed by atoms with E-state index in [2.05, 4.69) is 31.4 Å². The molecule has 36 heavy (non-hydrogen) atoms. The largest absolute Gasteiger partial charge is 0.493 e. The van der Waals surface area contributed by atoms with Crippen molar-refractivity contribution in [3.63, 3.8) is 0 Å². The molecule has 3 aromatic rings. The number of methoxy groups -OCH3 is 1. The molecule has 0 bridgehead atoms. The number of benzene rings is 2. The van der Waals surface area contributed by atoms with Crippen molar-refractivity contribution in [3.8, 4) is 5.75 Å². The van der Waals surface area contributed by atoms with Crippen LogP contribution in [0.1, 0.15) is 61.7 Å². The highest BCUT2D eigenvalue weighted by Crippen LogP contribution is 2.37. The van der Waals surface area contributed by atoms with E-state index in [1.165, 1.54) is 24.9 Å². The van der Waals surface area contributed by atoms with Crippen LogP contribution in [0.5, 0.6) is 5.75 Å². The number of hydrogen-bond acceptors (Lipinski definition) is 6. The Morgan fingerprint density at radius 2 is 1.86 bits per heavy atom. The molecule has 192 valence electrons. The van der Waals surface area contributed by atoms with Gasteiger partial charge in [0.05, 0.1) is 31.1 Å². The summed E-state index contributed by atoms with van der Waals surface area (Å²) in [5.74, 6) is 0.288. The number of anilines is 2. The molecule has 4 rings (SSSR count). The third-order valence-electron chi connectivity index (χ3n) is 6.21. The van der Waals surface area contributed by atoms with Crippen molar-refractivity contribution in [3.05, 3.63) is 52.9 Å². The highest BCUT2D eigenvalue weighted by Gasteiger charge is 2.24. The van der Waals surface area contributed by atoms with Crippen LogP contribution in [-0.2, 0) is 14.9 Å². The molecule has 1 unspecified atom stereocenters. The Labute approximate surface area is 216 Å². The van der Waals surface area contributed by atoms with Crippen molar-refractivity contribution in [1.82, 2.24) is 0 Å². The normalized spacial score (nSPS) is 15.9. The van der Waals surface area contributed by atoms with Gasteiger partial charge in [-0.25, -0.2) is 9.59 Å². The number of esters is 1. The molecule has 0 spiro atoms. The zero-order chi connectivity index (χ0) is 25.7. The minimum atomic E-state index is -0.484. The third kappa shape index (κ3) is 6.17. The van der Waals surface area contributed by atoms with Gasteiger partial charge in [-0.15, -0.1) is 11.3 Å². The molecule has 1 saturated heterocycles. The molecule has 1 fully saturated rings. The summed E-state index contributed by atoms with van der Waals surface area (Å²) in [4.78, 5) is 26.2. The van der Waals surface area contributed by atoms with Gasteiger partial charge in [-0.2, -0.15) is 0 Å². The van der Waals surface area contributed by atoms with Crippen LogP contribution < -0.4 is 15.4 Å². The summed E-state index contributed by atoms with van der Waals surface area (Å²) >= 11 is 1.37. The fraction of sp³-hybridized carbons (Fsp3) is 0.429. The van der Waals surface area contributed by atoms with Crippen LogP contribution >= 0.6 is 11.3 Å². The van der Waals surface area contributed by atoms with E-state index in [1.54, 1.807) is 6.07 Å². The molecule has 1 aliphatic heterocycles. The molecule has 0 saturated carbocycles. The highest BCUT2D eigenvalue weighted by atomic mass is 32.1. The van der Waals surface area contributed by atoms with Gasteiger partial charge in [0.2, 0.25) is 0 Å². The van der Waals surface area contributed by atoms with Crippen LogP contribution in [-0.4, -0.2) is 38.4 Å². The van der Waals surface area contributed by atoms with Gasteiger partial charge < -0.3 is 19.5 Å². The predicted molar refractivity (Wildman–Crippen MR) is 145 cm³/mol. The number of nitrogens with one attached hydrogen (secondary N) is 2. The number of amides is 2. The minimum absolute atomic E-state index is 0.168. The molecule has 1 aliphatic rings. The quantitative estimate of drug-likeness (QED) is 0.335. The topological polar surface area (TPSA) is 85.9 Å². The molecule has 2 aromatic carbocycles. The van der Waals surface area contributed by atoms with E-state index < -0.39 is 12.0 Å². The van der Waals surface area contributed by atoms with Gasteiger partial charge in [-0.3, -0.25) is 5.32 Å². The number of carbonyl (C=O) groups is 2. The standard InChI is InChI=1S/C28H34N2O5S/c1-28(2,3)24-17-21(26(31)33-4)25(36-24)30-27(32)29-22-12-13-23(20-11-6-5-10-19(20)22)35-16-14-18-9-7-8-15-34-18/h5-6,10-13,17-18H,7-9,14-16H2,1-4H3,(H2,29,30,32). The number of carbonyl (C=O) groups excluding carboxylic acids is 2. The first-order valence-electron chi connectivity index (χ1n) is 12.3. The Hall–Kier alpha value is -3.10. The summed E-state index contributed by atoms with van der Waals surface area (Å²) in [6, 6.07) is 12.9. The Morgan fingerprint density at radius 3 is 2.56 bits per heavy atom. The predicted octanol–water partition coefficient (Wildman–Crippen LogP) is 6.97. The van der Waals surface area contributed by atoms with Crippen LogP contribution in [0.15, 0.2) is 42.5 Å². The van der Waals surface area contributed by atoms with E-state index in [0.29, 0.717) is 22.9 Å². The van der Waals surface area contributed by atoms with Gasteiger partial charge in [-0.05, 0) is 42.9 Å². The van der Waals surface area contributed by atoms with Crippen LogP contribution in [0, 0.1) is 0 Å². The maximum absolute atomic E-state index is 13.0. The number of rotatable bonds is 7. The van der Waals surface area contributed by atoms with Crippen molar-refractivity contribution < 1.29 is 23.8 Å². The van der Waals surface area contributed by atoms with Crippen molar-refractivity contribution in [2.75, 3.05) is 31.0 Å². The minimum Gasteiger partial charge on any atom is -0.493 e. The lowest BCUT2D eigenvalue weighted by Crippen LogP contribution is -2.21. The molecular weight excluding hydrogens is 476 g/mol. The zero-order valence-corrected chi connectivity index (χ0v) is 22.1. The first kappa shape index (κ1) is 26.0. The molecular formula is C28H34N2O5S. The molecule has 1 atom stereocenters. The fourth-order valence-corrected chi connectivity index (χ4v) is 5.31. The van der Waals surface area contributed by atoms with Gasteiger partial charge in [0.15, 0.2) is 0 Å². The lowest BCUT2D eigenvalue weighted by atomic mass is 9.94. The van der Waals surface area contributed by atoms with Gasteiger partial charge >= 0.3 is 12.0 Å². The number of thiophene rings is 1. The lowest BCUT2D eigenvalue weighted by Gasteiger charge is -2.22. The SMILES string of the molecule is COC(=O)c1cc(C(C)(C)C)sc1NC(=O)Nc1ccc(OCCC2CCCCO2)c2ccccc12. The van der Waals surface area contributed by atoms with Crippen LogP contribution in [0.25, 0.3) is 10.8 Å². The second kappa shape index (κ2) is 11.3. The zero-order valence-electron chi connectivity index (χ0n) is 21.3. The molecule has 8 heteroatoms. The summed E-state index contributed by atoms with van der Waals surface area (Å²) < 4.78 is 16.8. The van der Waals surface area contributed by atoms with E-state index in [1.807, 2.05) is 36.4 Å². The number of fused-ring (bicyclic) bond motifs is 1. The van der Waals surface area contributed by atoms with Gasteiger partial charge in [0.25, 0.3) is 0 Å². The second-order valence-corrected chi connectivity index (χ2v) is 11.0. The molecule has 0 aliphatic carbocycles. The Balaban J connectivity index is 1.48. The maximum atomic E-state index is 13.0. The third-order valence-corrected chi connectivity index (χ3v) is 7.68.